The van der Waals surface area contributed by atoms with Crippen LogP contribution in [0.25, 0.3) is 0 Å². The van der Waals surface area contributed by atoms with Gasteiger partial charge in [0.05, 0.1) is 12.5 Å². The number of aromatic nitrogens is 2. The van der Waals surface area contributed by atoms with Crippen LogP contribution < -0.4 is 0 Å². The van der Waals surface area contributed by atoms with E-state index < -0.39 is 22.0 Å². The van der Waals surface area contributed by atoms with Gasteiger partial charge in [0.15, 0.2) is 5.03 Å². The van der Waals surface area contributed by atoms with Crippen molar-refractivity contribution in [1.82, 2.24) is 14.3 Å². The molecule has 0 amide bonds. The molecule has 0 spiro atoms. The molecule has 0 radical (unpaired) electrons. The molecule has 0 aliphatic carbocycles. The van der Waals surface area contributed by atoms with Gasteiger partial charge in [-0.2, -0.15) is 4.31 Å². The third-order valence-electron chi connectivity index (χ3n) is 2.55. The molecule has 2 N–H and O–H groups in total. The first-order chi connectivity index (χ1) is 7.53. The Balaban J connectivity index is 2.34. The number of carboxylic acids is 1. The molecule has 1 aromatic rings. The summed E-state index contributed by atoms with van der Waals surface area (Å²) in [5.74, 6) is -1.11. The Morgan fingerprint density at radius 1 is 1.62 bits per heavy atom. The summed E-state index contributed by atoms with van der Waals surface area (Å²) in [6, 6.07) is -0.965. The molecule has 0 aromatic carbocycles. The number of carbonyl (C=O) groups is 1. The molecule has 1 saturated heterocycles. The molecular weight excluding hydrogens is 234 g/mol. The molecule has 88 valence electrons. The van der Waals surface area contributed by atoms with Gasteiger partial charge in [-0.25, -0.2) is 13.4 Å². The zero-order chi connectivity index (χ0) is 11.8. The number of H-pyrrole nitrogens is 1. The maximum Gasteiger partial charge on any atom is 0.322 e. The lowest BCUT2D eigenvalue weighted by molar-refractivity contribution is -0.140. The van der Waals surface area contributed by atoms with E-state index in [0.717, 1.165) is 4.31 Å². The van der Waals surface area contributed by atoms with Gasteiger partial charge in [-0.15, -0.1) is 0 Å². The van der Waals surface area contributed by atoms with Crippen LogP contribution in [0.5, 0.6) is 0 Å². The topological polar surface area (TPSA) is 103 Å². The fraction of sp³-hybridized carbons (Fsp3) is 0.500. The number of hydrogen-bond donors (Lipinski definition) is 2. The minimum Gasteiger partial charge on any atom is -0.480 e. The molecule has 1 unspecified atom stereocenters. The molecule has 1 aliphatic heterocycles. The minimum absolute atomic E-state index is 0.0688. The van der Waals surface area contributed by atoms with Gasteiger partial charge in [0.25, 0.3) is 10.0 Å². The van der Waals surface area contributed by atoms with Gasteiger partial charge in [0, 0.05) is 6.54 Å². The summed E-state index contributed by atoms with van der Waals surface area (Å²) in [4.78, 5) is 17.0. The first-order valence-electron chi connectivity index (χ1n) is 4.76. The van der Waals surface area contributed by atoms with E-state index in [4.69, 9.17) is 5.11 Å². The smallest absolute Gasteiger partial charge is 0.322 e. The van der Waals surface area contributed by atoms with Crippen LogP contribution >= 0.6 is 0 Å². The highest BCUT2D eigenvalue weighted by atomic mass is 32.2. The lowest BCUT2D eigenvalue weighted by atomic mass is 10.2. The fourth-order valence-electron chi connectivity index (χ4n) is 1.79. The van der Waals surface area contributed by atoms with Crippen molar-refractivity contribution in [2.45, 2.75) is 23.9 Å². The number of nitrogens with one attached hydrogen (secondary N) is 1. The van der Waals surface area contributed by atoms with E-state index in [9.17, 15) is 13.2 Å². The highest BCUT2D eigenvalue weighted by Gasteiger charge is 2.39. The van der Waals surface area contributed by atoms with Crippen LogP contribution in [0, 0.1) is 0 Å². The Morgan fingerprint density at radius 3 is 2.94 bits per heavy atom. The zero-order valence-corrected chi connectivity index (χ0v) is 9.14. The predicted molar refractivity (Wildman–Crippen MR) is 53.1 cm³/mol. The van der Waals surface area contributed by atoms with E-state index in [1.165, 1.54) is 12.5 Å². The second kappa shape index (κ2) is 3.87. The Labute approximate surface area is 92.2 Å². The van der Waals surface area contributed by atoms with Gasteiger partial charge in [-0.3, -0.25) is 4.79 Å². The van der Waals surface area contributed by atoms with Crippen molar-refractivity contribution < 1.29 is 18.3 Å². The van der Waals surface area contributed by atoms with Gasteiger partial charge in [-0.05, 0) is 12.8 Å². The van der Waals surface area contributed by atoms with E-state index in [1.807, 2.05) is 0 Å². The molecule has 8 heteroatoms. The minimum atomic E-state index is -3.76. The van der Waals surface area contributed by atoms with Gasteiger partial charge in [0.2, 0.25) is 0 Å². The normalized spacial score (nSPS) is 22.4. The average molecular weight is 245 g/mol. The van der Waals surface area contributed by atoms with Crippen LogP contribution in [0.1, 0.15) is 12.8 Å². The molecule has 0 bridgehead atoms. The number of imidazole rings is 1. The lowest BCUT2D eigenvalue weighted by Crippen LogP contribution is -2.40. The number of aromatic amines is 1. The van der Waals surface area contributed by atoms with E-state index in [2.05, 4.69) is 9.97 Å². The molecule has 2 rings (SSSR count). The van der Waals surface area contributed by atoms with E-state index in [0.29, 0.717) is 12.8 Å². The van der Waals surface area contributed by atoms with Crippen molar-refractivity contribution in [3.05, 3.63) is 12.5 Å². The molecular formula is C8H11N3O4S. The summed E-state index contributed by atoms with van der Waals surface area (Å²) >= 11 is 0. The van der Waals surface area contributed by atoms with Crippen LogP contribution in [-0.2, 0) is 14.8 Å². The Bertz CT molecular complexity index is 481. The number of hydrogen-bond acceptors (Lipinski definition) is 4. The quantitative estimate of drug-likeness (QED) is 0.757. The van der Waals surface area contributed by atoms with Crippen molar-refractivity contribution in [1.29, 1.82) is 0 Å². The standard InChI is InChI=1S/C8H11N3O4S/c12-8(13)6-2-1-3-11(6)16(14,15)7-4-9-5-10-7/h4-6H,1-3H2,(H,9,10)(H,12,13). The summed E-state index contributed by atoms with van der Waals surface area (Å²) in [5.41, 5.74) is 0. The van der Waals surface area contributed by atoms with Crippen LogP contribution in [0.15, 0.2) is 17.6 Å². The van der Waals surface area contributed by atoms with Gasteiger partial charge >= 0.3 is 5.97 Å². The Hall–Kier alpha value is -1.41. The predicted octanol–water partition coefficient (Wildman–Crippen LogP) is -0.353. The molecule has 0 saturated carbocycles. The summed E-state index contributed by atoms with van der Waals surface area (Å²) < 4.78 is 25.0. The molecule has 16 heavy (non-hydrogen) atoms. The van der Waals surface area contributed by atoms with E-state index in [-0.39, 0.29) is 11.6 Å². The molecule has 2 heterocycles. The van der Waals surface area contributed by atoms with Crippen molar-refractivity contribution in [2.75, 3.05) is 6.54 Å². The molecule has 1 fully saturated rings. The van der Waals surface area contributed by atoms with Gasteiger partial charge < -0.3 is 10.1 Å². The maximum absolute atomic E-state index is 12.0. The second-order valence-corrected chi connectivity index (χ2v) is 5.39. The van der Waals surface area contributed by atoms with Crippen molar-refractivity contribution in [2.24, 2.45) is 0 Å². The fourth-order valence-corrected chi connectivity index (χ4v) is 3.33. The van der Waals surface area contributed by atoms with E-state index in [1.54, 1.807) is 0 Å². The largest absolute Gasteiger partial charge is 0.480 e. The molecule has 1 aromatic heterocycles. The first kappa shape index (κ1) is 11.1. The summed E-state index contributed by atoms with van der Waals surface area (Å²) in [7, 11) is -3.76. The third-order valence-corrected chi connectivity index (χ3v) is 4.38. The van der Waals surface area contributed by atoms with E-state index >= 15 is 0 Å². The highest BCUT2D eigenvalue weighted by Crippen LogP contribution is 2.24. The van der Waals surface area contributed by atoms with Gasteiger partial charge in [0.1, 0.15) is 6.04 Å². The Kier molecular flexibility index (Phi) is 2.68. The monoisotopic (exact) mass is 245 g/mol. The van der Waals surface area contributed by atoms with Crippen molar-refractivity contribution in [3.8, 4) is 0 Å². The van der Waals surface area contributed by atoms with Crippen LogP contribution in [0.3, 0.4) is 0 Å². The maximum atomic E-state index is 12.0. The molecule has 1 atom stereocenters. The second-order valence-electron chi connectivity index (χ2n) is 3.53. The number of nitrogens with zero attached hydrogens (tertiary/aromatic N) is 2. The summed E-state index contributed by atoms with van der Waals surface area (Å²) in [6.07, 6.45) is 3.33. The highest BCUT2D eigenvalue weighted by molar-refractivity contribution is 7.89. The van der Waals surface area contributed by atoms with Crippen LogP contribution in [-0.4, -0.2) is 46.4 Å². The SMILES string of the molecule is O=C(O)C1CCCN1S(=O)(=O)c1cnc[nH]1. The Morgan fingerprint density at radius 2 is 2.38 bits per heavy atom. The van der Waals surface area contributed by atoms with Crippen molar-refractivity contribution >= 4 is 16.0 Å². The summed E-state index contributed by atoms with van der Waals surface area (Å²) in [5, 5.41) is 8.84. The molecule has 1 aliphatic rings. The number of aliphatic carboxylic acids is 1. The first-order valence-corrected chi connectivity index (χ1v) is 6.20. The van der Waals surface area contributed by atoms with Crippen LogP contribution in [0.4, 0.5) is 0 Å². The number of sulfonamides is 1. The molecule has 7 nitrogen and oxygen atoms in total. The van der Waals surface area contributed by atoms with Crippen LogP contribution in [0.2, 0.25) is 0 Å². The van der Waals surface area contributed by atoms with Crippen molar-refractivity contribution in [3.63, 3.8) is 0 Å². The van der Waals surface area contributed by atoms with Gasteiger partial charge in [-0.1, -0.05) is 0 Å². The zero-order valence-electron chi connectivity index (χ0n) is 8.33. The average Bonchev–Trinajstić information content (AvgIpc) is 2.89. The summed E-state index contributed by atoms with van der Waals surface area (Å²) in [6.45, 7) is 0.234. The number of carboxylic acid groups (broad SMARTS) is 1. The lowest BCUT2D eigenvalue weighted by Gasteiger charge is -2.19. The third kappa shape index (κ3) is 1.69. The number of rotatable bonds is 3.